The third-order valence-electron chi connectivity index (χ3n) is 5.06. The first-order valence-corrected chi connectivity index (χ1v) is 10.1. The molecule has 1 heterocycles. The van der Waals surface area contributed by atoms with Crippen LogP contribution in [0.1, 0.15) is 22.4 Å². The molecule has 3 aromatic rings. The van der Waals surface area contributed by atoms with E-state index in [-0.39, 0.29) is 0 Å². The maximum Gasteiger partial charge on any atom is 0.142 e. The lowest BCUT2D eigenvalue weighted by Crippen LogP contribution is -2.34. The lowest BCUT2D eigenvalue weighted by atomic mass is 10.0. The van der Waals surface area contributed by atoms with Gasteiger partial charge in [0.15, 0.2) is 0 Å². The van der Waals surface area contributed by atoms with E-state index in [2.05, 4.69) is 73.9 Å². The Hall–Kier alpha value is -3.01. The number of para-hydroxylation sites is 2. The molecule has 0 saturated heterocycles. The lowest BCUT2D eigenvalue weighted by Gasteiger charge is -2.31. The summed E-state index contributed by atoms with van der Waals surface area (Å²) >= 11 is 0. The van der Waals surface area contributed by atoms with E-state index in [1.807, 2.05) is 36.5 Å². The number of benzene rings is 2. The molecular weight excluding hydrogens is 358 g/mol. The fraction of sp³-hybridized carbons (Fsp3) is 0.320. The van der Waals surface area contributed by atoms with Crippen LogP contribution < -0.4 is 14.5 Å². The summed E-state index contributed by atoms with van der Waals surface area (Å²) in [7, 11) is 4.25. The van der Waals surface area contributed by atoms with Gasteiger partial charge >= 0.3 is 0 Å². The molecule has 0 amide bonds. The SMILES string of the molecule is Cc1cc(C)c(N(C)CN(C)c2ccccc2OCCc2ccccn2)c(C)c1. The number of hydrogen-bond acceptors (Lipinski definition) is 4. The van der Waals surface area contributed by atoms with Crippen molar-refractivity contribution >= 4 is 11.4 Å². The average Bonchev–Trinajstić information content (AvgIpc) is 2.68. The predicted molar refractivity (Wildman–Crippen MR) is 122 cm³/mol. The summed E-state index contributed by atoms with van der Waals surface area (Å²) in [5.74, 6) is 0.900. The Morgan fingerprint density at radius 1 is 0.862 bits per heavy atom. The van der Waals surface area contributed by atoms with Gasteiger partial charge in [0, 0.05) is 38.1 Å². The van der Waals surface area contributed by atoms with Crippen molar-refractivity contribution in [1.29, 1.82) is 0 Å². The van der Waals surface area contributed by atoms with E-state index in [0.29, 0.717) is 6.61 Å². The summed E-state index contributed by atoms with van der Waals surface area (Å²) < 4.78 is 6.11. The molecule has 0 radical (unpaired) electrons. The first-order chi connectivity index (χ1) is 14.0. The monoisotopic (exact) mass is 389 g/mol. The summed E-state index contributed by atoms with van der Waals surface area (Å²) in [5, 5.41) is 0. The molecule has 0 bridgehead atoms. The summed E-state index contributed by atoms with van der Waals surface area (Å²) in [5.41, 5.74) is 7.33. The highest BCUT2D eigenvalue weighted by atomic mass is 16.5. The van der Waals surface area contributed by atoms with Crippen molar-refractivity contribution in [2.45, 2.75) is 27.2 Å². The minimum atomic E-state index is 0.605. The van der Waals surface area contributed by atoms with Crippen LogP contribution >= 0.6 is 0 Å². The molecule has 0 atom stereocenters. The van der Waals surface area contributed by atoms with Crippen LogP contribution in [0.25, 0.3) is 0 Å². The Bertz CT molecular complexity index is 917. The Morgan fingerprint density at radius 3 is 2.24 bits per heavy atom. The number of aryl methyl sites for hydroxylation is 3. The standard InChI is InChI=1S/C25H31N3O/c1-19-16-20(2)25(21(3)17-19)28(5)18-27(4)23-11-6-7-12-24(23)29-15-13-22-10-8-9-14-26-22/h6-12,14,16-17H,13,15,18H2,1-5H3. The van der Waals surface area contributed by atoms with Crippen molar-refractivity contribution in [2.75, 3.05) is 37.2 Å². The molecule has 0 aliphatic heterocycles. The van der Waals surface area contributed by atoms with Gasteiger partial charge in [0.25, 0.3) is 0 Å². The molecular formula is C25H31N3O. The van der Waals surface area contributed by atoms with Gasteiger partial charge in [0.05, 0.1) is 19.0 Å². The van der Waals surface area contributed by atoms with Crippen LogP contribution in [0.2, 0.25) is 0 Å². The van der Waals surface area contributed by atoms with Crippen LogP contribution in [0.4, 0.5) is 11.4 Å². The minimum absolute atomic E-state index is 0.605. The van der Waals surface area contributed by atoms with Crippen molar-refractivity contribution in [3.05, 3.63) is 83.2 Å². The molecule has 0 saturated carbocycles. The fourth-order valence-corrected chi connectivity index (χ4v) is 3.95. The Balaban J connectivity index is 1.69. The molecule has 0 aliphatic rings. The van der Waals surface area contributed by atoms with Gasteiger partial charge in [0.2, 0.25) is 0 Å². The number of rotatable bonds is 8. The molecule has 29 heavy (non-hydrogen) atoms. The van der Waals surface area contributed by atoms with Crippen molar-refractivity contribution < 1.29 is 4.74 Å². The second-order valence-corrected chi connectivity index (χ2v) is 7.67. The van der Waals surface area contributed by atoms with Crippen LogP contribution in [-0.2, 0) is 6.42 Å². The molecule has 4 nitrogen and oxygen atoms in total. The number of anilines is 2. The zero-order chi connectivity index (χ0) is 20.8. The first-order valence-electron chi connectivity index (χ1n) is 10.1. The lowest BCUT2D eigenvalue weighted by molar-refractivity contribution is 0.321. The van der Waals surface area contributed by atoms with E-state index in [4.69, 9.17) is 4.74 Å². The topological polar surface area (TPSA) is 28.6 Å². The highest BCUT2D eigenvalue weighted by Gasteiger charge is 2.14. The normalized spacial score (nSPS) is 10.7. The van der Waals surface area contributed by atoms with Gasteiger partial charge in [-0.1, -0.05) is 35.9 Å². The fourth-order valence-electron chi connectivity index (χ4n) is 3.95. The highest BCUT2D eigenvalue weighted by molar-refractivity contribution is 5.63. The van der Waals surface area contributed by atoms with Crippen LogP contribution in [0.5, 0.6) is 5.75 Å². The van der Waals surface area contributed by atoms with Gasteiger partial charge in [-0.25, -0.2) is 0 Å². The third-order valence-corrected chi connectivity index (χ3v) is 5.06. The Kier molecular flexibility index (Phi) is 6.76. The molecule has 2 aromatic carbocycles. The molecule has 0 aliphatic carbocycles. The van der Waals surface area contributed by atoms with E-state index in [9.17, 15) is 0 Å². The smallest absolute Gasteiger partial charge is 0.142 e. The zero-order valence-corrected chi connectivity index (χ0v) is 18.1. The van der Waals surface area contributed by atoms with E-state index < -0.39 is 0 Å². The van der Waals surface area contributed by atoms with Gasteiger partial charge in [-0.15, -0.1) is 0 Å². The van der Waals surface area contributed by atoms with Gasteiger partial charge in [-0.3, -0.25) is 4.98 Å². The van der Waals surface area contributed by atoms with E-state index in [1.165, 1.54) is 22.4 Å². The molecule has 152 valence electrons. The molecule has 0 N–H and O–H groups in total. The average molecular weight is 390 g/mol. The van der Waals surface area contributed by atoms with Crippen molar-refractivity contribution in [1.82, 2.24) is 4.98 Å². The summed E-state index contributed by atoms with van der Waals surface area (Å²) in [6.07, 6.45) is 2.61. The highest BCUT2D eigenvalue weighted by Crippen LogP contribution is 2.30. The van der Waals surface area contributed by atoms with Crippen LogP contribution in [0.3, 0.4) is 0 Å². The summed E-state index contributed by atoms with van der Waals surface area (Å²) in [6, 6.07) is 18.7. The summed E-state index contributed by atoms with van der Waals surface area (Å²) in [6.45, 7) is 7.88. The molecule has 4 heteroatoms. The molecule has 0 fully saturated rings. The largest absolute Gasteiger partial charge is 0.491 e. The maximum absolute atomic E-state index is 6.11. The Morgan fingerprint density at radius 2 is 1.55 bits per heavy atom. The second-order valence-electron chi connectivity index (χ2n) is 7.67. The van der Waals surface area contributed by atoms with Gasteiger partial charge in [0.1, 0.15) is 5.75 Å². The Labute approximate surface area is 174 Å². The molecule has 3 rings (SSSR count). The molecule has 1 aromatic heterocycles. The number of nitrogens with zero attached hydrogens (tertiary/aromatic N) is 3. The minimum Gasteiger partial charge on any atom is -0.491 e. The second kappa shape index (κ2) is 9.46. The van der Waals surface area contributed by atoms with Gasteiger partial charge in [-0.05, 0) is 56.2 Å². The van der Waals surface area contributed by atoms with E-state index in [0.717, 1.165) is 30.2 Å². The number of hydrogen-bond donors (Lipinski definition) is 0. The van der Waals surface area contributed by atoms with Crippen LogP contribution in [0, 0.1) is 20.8 Å². The van der Waals surface area contributed by atoms with Gasteiger partial charge < -0.3 is 14.5 Å². The number of pyridine rings is 1. The van der Waals surface area contributed by atoms with Crippen LogP contribution in [0.15, 0.2) is 60.8 Å². The maximum atomic E-state index is 6.11. The quantitative estimate of drug-likeness (QED) is 0.498. The number of aromatic nitrogens is 1. The molecule has 0 spiro atoms. The van der Waals surface area contributed by atoms with E-state index in [1.54, 1.807) is 0 Å². The summed E-state index contributed by atoms with van der Waals surface area (Å²) in [4.78, 5) is 8.90. The first kappa shape index (κ1) is 20.7. The molecule has 0 unspecified atom stereocenters. The number of ether oxygens (including phenoxy) is 1. The van der Waals surface area contributed by atoms with Crippen molar-refractivity contribution in [3.8, 4) is 5.75 Å². The van der Waals surface area contributed by atoms with Crippen molar-refractivity contribution in [3.63, 3.8) is 0 Å². The zero-order valence-electron chi connectivity index (χ0n) is 18.1. The predicted octanol–water partition coefficient (Wildman–Crippen LogP) is 5.16. The van der Waals surface area contributed by atoms with Gasteiger partial charge in [-0.2, -0.15) is 0 Å². The van der Waals surface area contributed by atoms with Crippen LogP contribution in [-0.4, -0.2) is 32.4 Å². The van der Waals surface area contributed by atoms with E-state index >= 15 is 0 Å². The third kappa shape index (κ3) is 5.29. The van der Waals surface area contributed by atoms with Crippen molar-refractivity contribution in [2.24, 2.45) is 0 Å².